The zero-order chi connectivity index (χ0) is 10.3. The highest BCUT2D eigenvalue weighted by atomic mass is 16.5. The highest BCUT2D eigenvalue weighted by Gasteiger charge is 2.16. The maximum absolute atomic E-state index is 11.3. The molecule has 78 valence electrons. The van der Waals surface area contributed by atoms with Gasteiger partial charge in [-0.25, -0.2) is 0 Å². The van der Waals surface area contributed by atoms with Gasteiger partial charge in [0.1, 0.15) is 0 Å². The van der Waals surface area contributed by atoms with E-state index < -0.39 is 0 Å². The number of hydrogen-bond donors (Lipinski definition) is 1. The molecule has 0 aliphatic heterocycles. The minimum atomic E-state index is 0.0115. The van der Waals surface area contributed by atoms with Crippen molar-refractivity contribution in [1.29, 1.82) is 0 Å². The highest BCUT2D eigenvalue weighted by molar-refractivity contribution is 5.78. The summed E-state index contributed by atoms with van der Waals surface area (Å²) in [5.41, 5.74) is 0. The Bertz CT molecular complexity index is 146. The average Bonchev–Trinajstić information content (AvgIpc) is 2.10. The molecule has 3 nitrogen and oxygen atoms in total. The largest absolute Gasteiger partial charge is 0.378 e. The first-order valence-corrected chi connectivity index (χ1v) is 4.95. The Morgan fingerprint density at radius 2 is 2.08 bits per heavy atom. The topological polar surface area (TPSA) is 38.3 Å². The fourth-order valence-electron chi connectivity index (χ4n) is 1.15. The molecule has 0 spiro atoms. The zero-order valence-electron chi connectivity index (χ0n) is 9.09. The molecule has 0 bridgehead atoms. The molecule has 1 amide bonds. The van der Waals surface area contributed by atoms with Crippen molar-refractivity contribution < 1.29 is 9.53 Å². The smallest absolute Gasteiger partial charge is 0.225 e. The van der Waals surface area contributed by atoms with Gasteiger partial charge in [-0.1, -0.05) is 13.3 Å². The fraction of sp³-hybridized carbons (Fsp3) is 0.900. The van der Waals surface area contributed by atoms with Crippen LogP contribution in [0.4, 0.5) is 0 Å². The summed E-state index contributed by atoms with van der Waals surface area (Å²) < 4.78 is 5.42. The Morgan fingerprint density at radius 3 is 2.46 bits per heavy atom. The lowest BCUT2D eigenvalue weighted by atomic mass is 10.0. The van der Waals surface area contributed by atoms with E-state index in [4.69, 9.17) is 4.74 Å². The van der Waals surface area contributed by atoms with Gasteiger partial charge in [-0.15, -0.1) is 0 Å². The number of carbonyl (C=O) groups excluding carboxylic acids is 1. The van der Waals surface area contributed by atoms with Crippen LogP contribution in [0.15, 0.2) is 0 Å². The Morgan fingerprint density at radius 1 is 1.46 bits per heavy atom. The van der Waals surface area contributed by atoms with Gasteiger partial charge >= 0.3 is 0 Å². The number of rotatable bonds is 6. The number of carbonyl (C=O) groups is 1. The van der Waals surface area contributed by atoms with E-state index in [0.717, 1.165) is 12.8 Å². The molecule has 0 aromatic heterocycles. The highest BCUT2D eigenvalue weighted by Crippen LogP contribution is 2.08. The predicted molar refractivity (Wildman–Crippen MR) is 53.6 cm³/mol. The Balaban J connectivity index is 3.86. The van der Waals surface area contributed by atoms with E-state index in [1.807, 2.05) is 13.8 Å². The van der Waals surface area contributed by atoms with Crippen molar-refractivity contribution in [2.75, 3.05) is 13.7 Å². The minimum absolute atomic E-state index is 0.0115. The van der Waals surface area contributed by atoms with Crippen LogP contribution in [-0.4, -0.2) is 25.7 Å². The molecule has 0 rings (SSSR count). The fourth-order valence-corrected chi connectivity index (χ4v) is 1.15. The number of amides is 1. The van der Waals surface area contributed by atoms with Crippen LogP contribution >= 0.6 is 0 Å². The maximum Gasteiger partial charge on any atom is 0.225 e. The molecule has 0 radical (unpaired) electrons. The van der Waals surface area contributed by atoms with Crippen molar-refractivity contribution in [2.45, 2.75) is 39.7 Å². The molecule has 1 N–H and O–H groups in total. The van der Waals surface area contributed by atoms with E-state index in [9.17, 15) is 4.79 Å². The van der Waals surface area contributed by atoms with Gasteiger partial charge in [0.15, 0.2) is 0 Å². The first-order valence-electron chi connectivity index (χ1n) is 4.95. The summed E-state index contributed by atoms with van der Waals surface area (Å²) in [6.45, 7) is 6.57. The van der Waals surface area contributed by atoms with Crippen LogP contribution in [-0.2, 0) is 9.53 Å². The molecule has 0 fully saturated rings. The van der Waals surface area contributed by atoms with Crippen molar-refractivity contribution in [3.8, 4) is 0 Å². The van der Waals surface area contributed by atoms with Gasteiger partial charge in [0.05, 0.1) is 18.6 Å². The van der Waals surface area contributed by atoms with E-state index in [2.05, 4.69) is 12.2 Å². The van der Waals surface area contributed by atoms with E-state index in [1.54, 1.807) is 7.05 Å². The Hall–Kier alpha value is -0.570. The monoisotopic (exact) mass is 187 g/mol. The lowest BCUT2D eigenvalue weighted by molar-refractivity contribution is -0.127. The average molecular weight is 187 g/mol. The van der Waals surface area contributed by atoms with Crippen LogP contribution in [0.25, 0.3) is 0 Å². The lowest BCUT2D eigenvalue weighted by Gasteiger charge is -2.16. The molecule has 0 saturated heterocycles. The third-order valence-corrected chi connectivity index (χ3v) is 1.89. The molecular formula is C10H21NO2. The summed E-state index contributed by atoms with van der Waals surface area (Å²) in [7, 11) is 1.67. The van der Waals surface area contributed by atoms with Gasteiger partial charge in [-0.2, -0.15) is 0 Å². The summed E-state index contributed by atoms with van der Waals surface area (Å²) in [5.74, 6) is 0.0971. The van der Waals surface area contributed by atoms with Crippen molar-refractivity contribution in [3.63, 3.8) is 0 Å². The molecule has 1 atom stereocenters. The van der Waals surface area contributed by atoms with E-state index in [0.29, 0.717) is 6.61 Å². The first-order chi connectivity index (χ1) is 6.11. The van der Waals surface area contributed by atoms with Crippen molar-refractivity contribution in [2.24, 2.45) is 5.92 Å². The van der Waals surface area contributed by atoms with E-state index in [-0.39, 0.29) is 17.9 Å². The van der Waals surface area contributed by atoms with Gasteiger partial charge < -0.3 is 10.1 Å². The molecule has 0 aromatic rings. The summed E-state index contributed by atoms with van der Waals surface area (Å²) in [4.78, 5) is 11.3. The molecule has 3 heteroatoms. The molecular weight excluding hydrogens is 166 g/mol. The van der Waals surface area contributed by atoms with Crippen LogP contribution in [0.1, 0.15) is 33.6 Å². The molecule has 1 unspecified atom stereocenters. The number of hydrogen-bond acceptors (Lipinski definition) is 2. The van der Waals surface area contributed by atoms with Crippen molar-refractivity contribution in [3.05, 3.63) is 0 Å². The second kappa shape index (κ2) is 6.89. The van der Waals surface area contributed by atoms with Crippen molar-refractivity contribution >= 4 is 5.91 Å². The third-order valence-electron chi connectivity index (χ3n) is 1.89. The maximum atomic E-state index is 11.3. The Labute approximate surface area is 80.8 Å². The molecule has 0 heterocycles. The number of ether oxygens (including phenoxy) is 1. The predicted octanol–water partition coefficient (Wildman–Crippen LogP) is 1.57. The quantitative estimate of drug-likeness (QED) is 0.685. The minimum Gasteiger partial charge on any atom is -0.378 e. The SMILES string of the molecule is CCCC(COC(C)C)C(=O)NC. The molecule has 0 aliphatic rings. The summed E-state index contributed by atoms with van der Waals surface area (Å²) in [6.07, 6.45) is 2.11. The molecule has 0 aliphatic carbocycles. The van der Waals surface area contributed by atoms with Crippen LogP contribution < -0.4 is 5.32 Å². The van der Waals surface area contributed by atoms with Gasteiger partial charge in [-0.05, 0) is 20.3 Å². The lowest BCUT2D eigenvalue weighted by Crippen LogP contribution is -2.31. The molecule has 0 saturated carbocycles. The van der Waals surface area contributed by atoms with Crippen LogP contribution in [0.5, 0.6) is 0 Å². The van der Waals surface area contributed by atoms with E-state index in [1.165, 1.54) is 0 Å². The normalized spacial score (nSPS) is 13.0. The molecule has 13 heavy (non-hydrogen) atoms. The first kappa shape index (κ1) is 12.4. The van der Waals surface area contributed by atoms with Crippen molar-refractivity contribution in [1.82, 2.24) is 5.32 Å². The number of nitrogens with one attached hydrogen (secondary N) is 1. The summed E-state index contributed by atoms with van der Waals surface area (Å²) in [5, 5.41) is 2.65. The standard InChI is InChI=1S/C10H21NO2/c1-5-6-9(10(12)11-4)7-13-8(2)3/h8-9H,5-7H2,1-4H3,(H,11,12). The van der Waals surface area contributed by atoms with Gasteiger partial charge in [0, 0.05) is 7.05 Å². The van der Waals surface area contributed by atoms with Crippen LogP contribution in [0.3, 0.4) is 0 Å². The van der Waals surface area contributed by atoms with Gasteiger partial charge in [0.25, 0.3) is 0 Å². The Kier molecular flexibility index (Phi) is 6.59. The van der Waals surface area contributed by atoms with Gasteiger partial charge in [-0.3, -0.25) is 4.79 Å². The second-order valence-corrected chi connectivity index (χ2v) is 3.48. The molecule has 0 aromatic carbocycles. The summed E-state index contributed by atoms with van der Waals surface area (Å²) >= 11 is 0. The van der Waals surface area contributed by atoms with Gasteiger partial charge in [0.2, 0.25) is 5.91 Å². The zero-order valence-corrected chi connectivity index (χ0v) is 9.09. The van der Waals surface area contributed by atoms with Crippen LogP contribution in [0.2, 0.25) is 0 Å². The van der Waals surface area contributed by atoms with Crippen LogP contribution in [0, 0.1) is 5.92 Å². The second-order valence-electron chi connectivity index (χ2n) is 3.48. The van der Waals surface area contributed by atoms with E-state index >= 15 is 0 Å². The third kappa shape index (κ3) is 5.64. The summed E-state index contributed by atoms with van der Waals surface area (Å²) in [6, 6.07) is 0.